The molecule has 104 valence electrons. The molecule has 2 aliphatic rings. The van der Waals surface area contributed by atoms with Gasteiger partial charge in [-0.05, 0) is 34.7 Å². The van der Waals surface area contributed by atoms with Crippen LogP contribution in [0.4, 0.5) is 5.82 Å². The highest BCUT2D eigenvalue weighted by molar-refractivity contribution is 9.10. The van der Waals surface area contributed by atoms with Gasteiger partial charge >= 0.3 is 0 Å². The van der Waals surface area contributed by atoms with Crippen LogP contribution in [-0.2, 0) is 0 Å². The predicted molar refractivity (Wildman–Crippen MR) is 78.3 cm³/mol. The number of aromatic nitrogens is 2. The van der Waals surface area contributed by atoms with Crippen LogP contribution >= 0.6 is 15.9 Å². The Morgan fingerprint density at radius 2 is 2.11 bits per heavy atom. The van der Waals surface area contributed by atoms with Crippen LogP contribution in [0.3, 0.4) is 0 Å². The molecule has 1 N–H and O–H groups in total. The minimum absolute atomic E-state index is 0.121. The van der Waals surface area contributed by atoms with Gasteiger partial charge in [-0.25, -0.2) is 9.97 Å². The number of rotatable bonds is 2. The van der Waals surface area contributed by atoms with Crippen LogP contribution < -0.4 is 4.90 Å². The minimum Gasteiger partial charge on any atom is -0.393 e. The Balaban J connectivity index is 1.84. The van der Waals surface area contributed by atoms with Gasteiger partial charge in [0.05, 0.1) is 6.10 Å². The van der Waals surface area contributed by atoms with E-state index in [-0.39, 0.29) is 6.10 Å². The van der Waals surface area contributed by atoms with Gasteiger partial charge in [-0.15, -0.1) is 0 Å². The fourth-order valence-corrected chi connectivity index (χ4v) is 3.65. The largest absolute Gasteiger partial charge is 0.393 e. The summed E-state index contributed by atoms with van der Waals surface area (Å²) in [6.07, 6.45) is 1.99. The van der Waals surface area contributed by atoms with E-state index in [1.165, 1.54) is 0 Å². The quantitative estimate of drug-likeness (QED) is 0.849. The lowest BCUT2D eigenvalue weighted by Gasteiger charge is -2.20. The van der Waals surface area contributed by atoms with Gasteiger partial charge in [-0.1, -0.05) is 13.8 Å². The Hall–Kier alpha value is -0.680. The number of hydrogen-bond acceptors (Lipinski definition) is 4. The van der Waals surface area contributed by atoms with Crippen molar-refractivity contribution in [3.8, 4) is 0 Å². The molecule has 5 heteroatoms. The molecule has 1 aromatic heterocycles. The van der Waals surface area contributed by atoms with E-state index in [0.29, 0.717) is 17.8 Å². The van der Waals surface area contributed by atoms with Gasteiger partial charge in [0.15, 0.2) is 0 Å². The highest BCUT2D eigenvalue weighted by atomic mass is 79.9. The monoisotopic (exact) mass is 325 g/mol. The molecule has 19 heavy (non-hydrogen) atoms. The Labute approximate surface area is 122 Å². The standard InChI is InChI=1S/C14H20BrN3O/c1-8(2)14-16-12(15)5-13(17-14)18-6-9-3-4-11(19)10(9)7-18/h5,8-11,19H,3-4,6-7H2,1-2H3. The number of aliphatic hydroxyl groups is 1. The Kier molecular flexibility index (Phi) is 3.52. The average Bonchev–Trinajstić information content (AvgIpc) is 2.91. The number of hydrogen-bond donors (Lipinski definition) is 1. The molecule has 1 aromatic rings. The van der Waals surface area contributed by atoms with Crippen LogP contribution in [0.15, 0.2) is 10.7 Å². The van der Waals surface area contributed by atoms with Crippen LogP contribution in [0, 0.1) is 11.8 Å². The lowest BCUT2D eigenvalue weighted by Crippen LogP contribution is -2.25. The van der Waals surface area contributed by atoms with Gasteiger partial charge in [-0.2, -0.15) is 0 Å². The zero-order valence-electron chi connectivity index (χ0n) is 11.4. The molecule has 0 bridgehead atoms. The molecule has 0 spiro atoms. The van der Waals surface area contributed by atoms with E-state index in [9.17, 15) is 5.11 Å². The average molecular weight is 326 g/mol. The summed E-state index contributed by atoms with van der Waals surface area (Å²) in [6.45, 7) is 6.15. The van der Waals surface area contributed by atoms with Crippen LogP contribution in [0.25, 0.3) is 0 Å². The van der Waals surface area contributed by atoms with Crippen molar-refractivity contribution >= 4 is 21.7 Å². The van der Waals surface area contributed by atoms with Crippen molar-refractivity contribution < 1.29 is 5.11 Å². The normalized spacial score (nSPS) is 30.2. The molecule has 2 heterocycles. The molecule has 3 atom stereocenters. The van der Waals surface area contributed by atoms with Gasteiger partial charge in [0.1, 0.15) is 16.2 Å². The lowest BCUT2D eigenvalue weighted by molar-refractivity contribution is 0.133. The Bertz CT molecular complexity index is 480. The number of halogens is 1. The fraction of sp³-hybridized carbons (Fsp3) is 0.714. The second-order valence-electron chi connectivity index (χ2n) is 6.04. The maximum absolute atomic E-state index is 9.99. The first-order valence-corrected chi connectivity index (χ1v) is 7.81. The highest BCUT2D eigenvalue weighted by Crippen LogP contribution is 2.39. The predicted octanol–water partition coefficient (Wildman–Crippen LogP) is 2.57. The highest BCUT2D eigenvalue weighted by Gasteiger charge is 2.42. The first-order valence-electron chi connectivity index (χ1n) is 7.02. The number of nitrogens with zero attached hydrogens (tertiary/aromatic N) is 3. The van der Waals surface area contributed by atoms with E-state index >= 15 is 0 Å². The third kappa shape index (κ3) is 2.50. The summed E-state index contributed by atoms with van der Waals surface area (Å²) in [7, 11) is 0. The summed E-state index contributed by atoms with van der Waals surface area (Å²) in [4.78, 5) is 11.4. The second-order valence-corrected chi connectivity index (χ2v) is 6.85. The minimum atomic E-state index is -0.121. The molecule has 0 aromatic carbocycles. The van der Waals surface area contributed by atoms with Crippen molar-refractivity contribution in [1.82, 2.24) is 9.97 Å². The Morgan fingerprint density at radius 1 is 1.32 bits per heavy atom. The summed E-state index contributed by atoms with van der Waals surface area (Å²) in [6, 6.07) is 1.99. The number of aliphatic hydroxyl groups excluding tert-OH is 1. The molecule has 1 saturated heterocycles. The van der Waals surface area contributed by atoms with Crippen LogP contribution in [0.5, 0.6) is 0 Å². The van der Waals surface area contributed by atoms with Crippen molar-refractivity contribution in [2.75, 3.05) is 18.0 Å². The van der Waals surface area contributed by atoms with Gasteiger partial charge in [0, 0.05) is 31.0 Å². The summed E-state index contributed by atoms with van der Waals surface area (Å²) in [5.41, 5.74) is 0. The zero-order valence-corrected chi connectivity index (χ0v) is 13.0. The molecule has 1 aliphatic carbocycles. The lowest BCUT2D eigenvalue weighted by atomic mass is 10.00. The first-order chi connectivity index (χ1) is 9.04. The van der Waals surface area contributed by atoms with Crippen molar-refractivity contribution in [3.63, 3.8) is 0 Å². The van der Waals surface area contributed by atoms with Gasteiger partial charge in [0.2, 0.25) is 0 Å². The zero-order chi connectivity index (χ0) is 13.6. The SMILES string of the molecule is CC(C)c1nc(Br)cc(N2CC3CCC(O)C3C2)n1. The van der Waals surface area contributed by atoms with E-state index in [4.69, 9.17) is 0 Å². The van der Waals surface area contributed by atoms with Crippen LogP contribution in [-0.4, -0.2) is 34.3 Å². The maximum atomic E-state index is 9.99. The fourth-order valence-electron chi connectivity index (χ4n) is 3.27. The molecular formula is C14H20BrN3O. The summed E-state index contributed by atoms with van der Waals surface area (Å²) in [5, 5.41) is 9.99. The van der Waals surface area contributed by atoms with E-state index in [0.717, 1.165) is 42.2 Å². The molecule has 1 saturated carbocycles. The molecule has 1 aliphatic heterocycles. The molecule has 0 radical (unpaired) electrons. The summed E-state index contributed by atoms with van der Waals surface area (Å²) < 4.78 is 0.846. The van der Waals surface area contributed by atoms with Crippen LogP contribution in [0.1, 0.15) is 38.4 Å². The third-order valence-corrected chi connectivity index (χ3v) is 4.76. The molecule has 3 unspecified atom stereocenters. The van der Waals surface area contributed by atoms with Gasteiger partial charge in [0.25, 0.3) is 0 Å². The molecular weight excluding hydrogens is 306 g/mol. The smallest absolute Gasteiger partial charge is 0.134 e. The van der Waals surface area contributed by atoms with E-state index in [2.05, 4.69) is 44.6 Å². The van der Waals surface area contributed by atoms with Crippen LogP contribution in [0.2, 0.25) is 0 Å². The number of fused-ring (bicyclic) bond motifs is 1. The van der Waals surface area contributed by atoms with Crippen molar-refractivity contribution in [2.45, 2.75) is 38.7 Å². The van der Waals surface area contributed by atoms with Crippen molar-refractivity contribution in [1.29, 1.82) is 0 Å². The second kappa shape index (κ2) is 5.02. The molecule has 3 rings (SSSR count). The molecule has 4 nitrogen and oxygen atoms in total. The van der Waals surface area contributed by atoms with Crippen molar-refractivity contribution in [3.05, 3.63) is 16.5 Å². The number of anilines is 1. The first kappa shape index (κ1) is 13.3. The Morgan fingerprint density at radius 3 is 2.79 bits per heavy atom. The summed E-state index contributed by atoms with van der Waals surface area (Å²) in [5.74, 6) is 3.25. The summed E-state index contributed by atoms with van der Waals surface area (Å²) >= 11 is 3.47. The van der Waals surface area contributed by atoms with Gasteiger partial charge in [-0.3, -0.25) is 0 Å². The van der Waals surface area contributed by atoms with Crippen molar-refractivity contribution in [2.24, 2.45) is 11.8 Å². The molecule has 2 fully saturated rings. The van der Waals surface area contributed by atoms with E-state index in [1.54, 1.807) is 0 Å². The van der Waals surface area contributed by atoms with Gasteiger partial charge < -0.3 is 10.0 Å². The van der Waals surface area contributed by atoms with E-state index in [1.807, 2.05) is 6.07 Å². The van der Waals surface area contributed by atoms with E-state index < -0.39 is 0 Å². The molecule has 0 amide bonds. The third-order valence-electron chi connectivity index (χ3n) is 4.36. The maximum Gasteiger partial charge on any atom is 0.134 e. The topological polar surface area (TPSA) is 49.2 Å².